The van der Waals surface area contributed by atoms with Gasteiger partial charge in [-0.05, 0) is 19.5 Å². The van der Waals surface area contributed by atoms with Crippen molar-refractivity contribution in [3.63, 3.8) is 0 Å². The molecule has 0 N–H and O–H groups in total. The number of hydrogen-bond donors (Lipinski definition) is 0. The van der Waals surface area contributed by atoms with Crippen molar-refractivity contribution in [1.82, 2.24) is 0 Å². The summed E-state index contributed by atoms with van der Waals surface area (Å²) < 4.78 is 10.6. The zero-order valence-electron chi connectivity index (χ0n) is 7.31. The van der Waals surface area contributed by atoms with E-state index < -0.39 is 9.04 Å². The Hall–Kier alpha value is 0.137. The fourth-order valence-electron chi connectivity index (χ4n) is 0.430. The van der Waals surface area contributed by atoms with E-state index in [2.05, 4.69) is 13.5 Å². The van der Waals surface area contributed by atoms with Gasteiger partial charge in [0.1, 0.15) is 0 Å². The van der Waals surface area contributed by atoms with Gasteiger partial charge in [-0.3, -0.25) is 0 Å². The first-order valence-corrected chi connectivity index (χ1v) is 5.80. The van der Waals surface area contributed by atoms with Gasteiger partial charge in [-0.25, -0.2) is 0 Å². The largest absolute Gasteiger partial charge is 0.414 e. The van der Waals surface area contributed by atoms with E-state index in [0.717, 1.165) is 6.61 Å². The Morgan fingerprint density at radius 3 is 2.50 bits per heavy atom. The molecule has 0 saturated heterocycles. The molecule has 10 heavy (non-hydrogen) atoms. The van der Waals surface area contributed by atoms with Crippen LogP contribution < -0.4 is 0 Å². The number of methoxy groups -OCH3 is 1. The number of ether oxygens (including phenoxy) is 1. The molecule has 0 rings (SSSR count). The third-order valence-electron chi connectivity index (χ3n) is 1.46. The molecule has 0 bridgehead atoms. The van der Waals surface area contributed by atoms with Crippen LogP contribution in [0.3, 0.4) is 0 Å². The SMILES string of the molecule is CC[Si](C)OCC(C)OC. The van der Waals surface area contributed by atoms with Gasteiger partial charge in [0.25, 0.3) is 0 Å². The summed E-state index contributed by atoms with van der Waals surface area (Å²) in [6.45, 7) is 7.10. The van der Waals surface area contributed by atoms with Crippen LogP contribution in [0.25, 0.3) is 0 Å². The summed E-state index contributed by atoms with van der Waals surface area (Å²) in [6.07, 6.45) is 0.242. The van der Waals surface area contributed by atoms with E-state index in [1.54, 1.807) is 7.11 Å². The highest BCUT2D eigenvalue weighted by Gasteiger charge is 2.04. The second-order valence-electron chi connectivity index (χ2n) is 2.41. The third-order valence-corrected chi connectivity index (χ3v) is 3.12. The molecule has 0 spiro atoms. The Labute approximate surface area is 65.3 Å². The molecule has 2 nitrogen and oxygen atoms in total. The molecule has 61 valence electrons. The maximum atomic E-state index is 5.52. The predicted molar refractivity (Wildman–Crippen MR) is 44.5 cm³/mol. The van der Waals surface area contributed by atoms with Crippen LogP contribution in [0.1, 0.15) is 13.8 Å². The van der Waals surface area contributed by atoms with Crippen LogP contribution >= 0.6 is 0 Å². The van der Waals surface area contributed by atoms with E-state index >= 15 is 0 Å². The van der Waals surface area contributed by atoms with Crippen LogP contribution in [0.4, 0.5) is 0 Å². The molecule has 0 aliphatic heterocycles. The quantitative estimate of drug-likeness (QED) is 0.571. The molecule has 0 amide bonds. The van der Waals surface area contributed by atoms with E-state index in [-0.39, 0.29) is 6.10 Å². The normalized spacial score (nSPS) is 14.1. The highest BCUT2D eigenvalue weighted by atomic mass is 28.3. The lowest BCUT2D eigenvalue weighted by Crippen LogP contribution is -2.20. The first-order chi connectivity index (χ1) is 4.70. The summed E-state index contributed by atoms with van der Waals surface area (Å²) in [4.78, 5) is 0. The van der Waals surface area contributed by atoms with Crippen LogP contribution in [-0.2, 0) is 9.16 Å². The first-order valence-electron chi connectivity index (χ1n) is 3.68. The van der Waals surface area contributed by atoms with E-state index in [9.17, 15) is 0 Å². The van der Waals surface area contributed by atoms with Crippen molar-refractivity contribution in [2.45, 2.75) is 32.5 Å². The zero-order valence-corrected chi connectivity index (χ0v) is 8.31. The lowest BCUT2D eigenvalue weighted by atomic mass is 10.4. The Bertz CT molecular complexity index is 68.0. The van der Waals surface area contributed by atoms with Crippen molar-refractivity contribution in [1.29, 1.82) is 0 Å². The van der Waals surface area contributed by atoms with Crippen molar-refractivity contribution in [3.8, 4) is 0 Å². The Morgan fingerprint density at radius 1 is 1.50 bits per heavy atom. The monoisotopic (exact) mass is 161 g/mol. The predicted octanol–water partition coefficient (Wildman–Crippen LogP) is 1.68. The van der Waals surface area contributed by atoms with E-state index in [1.165, 1.54) is 6.04 Å². The van der Waals surface area contributed by atoms with Gasteiger partial charge in [-0.15, -0.1) is 0 Å². The summed E-state index contributed by atoms with van der Waals surface area (Å²) in [5, 5.41) is 0. The van der Waals surface area contributed by atoms with Gasteiger partial charge in [0.15, 0.2) is 0 Å². The first kappa shape index (κ1) is 10.1. The Kier molecular flexibility index (Phi) is 5.97. The summed E-state index contributed by atoms with van der Waals surface area (Å²) >= 11 is 0. The number of rotatable bonds is 5. The van der Waals surface area contributed by atoms with Gasteiger partial charge in [0.05, 0.1) is 12.7 Å². The van der Waals surface area contributed by atoms with Crippen LogP contribution in [0.5, 0.6) is 0 Å². The zero-order chi connectivity index (χ0) is 7.98. The summed E-state index contributed by atoms with van der Waals surface area (Å²) in [5.74, 6) is 0. The average Bonchev–Trinajstić information content (AvgIpc) is 1.99. The van der Waals surface area contributed by atoms with Gasteiger partial charge in [0.2, 0.25) is 9.04 Å². The minimum absolute atomic E-state index is 0.242. The van der Waals surface area contributed by atoms with E-state index in [1.807, 2.05) is 6.92 Å². The minimum atomic E-state index is -0.514. The molecule has 1 radical (unpaired) electrons. The molecule has 0 heterocycles. The van der Waals surface area contributed by atoms with Crippen LogP contribution in [0, 0.1) is 0 Å². The van der Waals surface area contributed by atoms with Gasteiger partial charge >= 0.3 is 0 Å². The van der Waals surface area contributed by atoms with Crippen LogP contribution in [0.15, 0.2) is 0 Å². The standard InChI is InChI=1S/C7H17O2Si/c1-5-10(4)9-6-7(2)8-3/h7H,5-6H2,1-4H3. The van der Waals surface area contributed by atoms with Crippen molar-refractivity contribution in [2.75, 3.05) is 13.7 Å². The molecular formula is C7H17O2Si. The molecule has 3 heteroatoms. The highest BCUT2D eigenvalue weighted by Crippen LogP contribution is 1.95. The van der Waals surface area contributed by atoms with Gasteiger partial charge in [0, 0.05) is 7.11 Å². The maximum Gasteiger partial charge on any atom is 0.208 e. The summed E-state index contributed by atoms with van der Waals surface area (Å²) in [7, 11) is 1.20. The molecule has 0 saturated carbocycles. The maximum absolute atomic E-state index is 5.52. The smallest absolute Gasteiger partial charge is 0.208 e. The number of hydrogen-bond acceptors (Lipinski definition) is 2. The molecule has 0 aromatic heterocycles. The second-order valence-corrected chi connectivity index (χ2v) is 4.81. The van der Waals surface area contributed by atoms with Crippen molar-refractivity contribution < 1.29 is 9.16 Å². The van der Waals surface area contributed by atoms with E-state index in [0.29, 0.717) is 0 Å². The van der Waals surface area contributed by atoms with Gasteiger partial charge in [-0.1, -0.05) is 6.92 Å². The van der Waals surface area contributed by atoms with Crippen LogP contribution in [-0.4, -0.2) is 28.9 Å². The molecule has 0 aliphatic carbocycles. The molecule has 0 aromatic rings. The Morgan fingerprint density at radius 2 is 2.10 bits per heavy atom. The third kappa shape index (κ3) is 4.96. The molecule has 0 aliphatic rings. The molecular weight excluding hydrogens is 144 g/mol. The Balaban J connectivity index is 3.17. The fraction of sp³-hybridized carbons (Fsp3) is 1.00. The van der Waals surface area contributed by atoms with Crippen molar-refractivity contribution in [3.05, 3.63) is 0 Å². The topological polar surface area (TPSA) is 18.5 Å². The molecule has 0 fully saturated rings. The minimum Gasteiger partial charge on any atom is -0.414 e. The van der Waals surface area contributed by atoms with Crippen molar-refractivity contribution >= 4 is 9.04 Å². The second kappa shape index (κ2) is 5.89. The van der Waals surface area contributed by atoms with Gasteiger partial charge in [-0.2, -0.15) is 0 Å². The molecule has 1 atom stereocenters. The summed E-state index contributed by atoms with van der Waals surface area (Å²) in [6, 6.07) is 1.17. The lowest BCUT2D eigenvalue weighted by Gasteiger charge is -2.12. The summed E-state index contributed by atoms with van der Waals surface area (Å²) in [5.41, 5.74) is 0. The van der Waals surface area contributed by atoms with E-state index in [4.69, 9.17) is 9.16 Å². The molecule has 1 unspecified atom stereocenters. The molecule has 0 aromatic carbocycles. The van der Waals surface area contributed by atoms with Gasteiger partial charge < -0.3 is 9.16 Å². The average molecular weight is 161 g/mol. The lowest BCUT2D eigenvalue weighted by molar-refractivity contribution is 0.0710. The van der Waals surface area contributed by atoms with Crippen LogP contribution in [0.2, 0.25) is 12.6 Å². The fourth-order valence-corrected chi connectivity index (χ4v) is 1.15. The van der Waals surface area contributed by atoms with Crippen molar-refractivity contribution in [2.24, 2.45) is 0 Å². The highest BCUT2D eigenvalue weighted by molar-refractivity contribution is 6.49.